The highest BCUT2D eigenvalue weighted by atomic mass is 16.3. The van der Waals surface area contributed by atoms with E-state index in [1.165, 1.54) is 0 Å². The third-order valence-electron chi connectivity index (χ3n) is 2.52. The van der Waals surface area contributed by atoms with Crippen molar-refractivity contribution >= 4 is 5.91 Å². The maximum absolute atomic E-state index is 11.0. The summed E-state index contributed by atoms with van der Waals surface area (Å²) in [5.41, 5.74) is 6.69. The molecule has 0 fully saturated rings. The number of carbonyl (C=O) groups is 1. The fraction of sp³-hybridized carbons (Fsp3) is 0.417. The van der Waals surface area contributed by atoms with Gasteiger partial charge < -0.3 is 16.2 Å². The van der Waals surface area contributed by atoms with Crippen LogP contribution in [0, 0.1) is 0 Å². The van der Waals surface area contributed by atoms with Crippen LogP contribution < -0.4 is 11.1 Å². The third kappa shape index (κ3) is 3.64. The van der Waals surface area contributed by atoms with Crippen molar-refractivity contribution < 1.29 is 9.90 Å². The SMILES string of the molecule is CC[C@@H](CO)NCc1cccc(C(N)=O)c1. The van der Waals surface area contributed by atoms with Crippen molar-refractivity contribution in [1.82, 2.24) is 5.32 Å². The van der Waals surface area contributed by atoms with Gasteiger partial charge in [-0.25, -0.2) is 0 Å². The summed E-state index contributed by atoms with van der Waals surface area (Å²) in [6, 6.07) is 7.27. The molecule has 4 nitrogen and oxygen atoms in total. The van der Waals surface area contributed by atoms with Crippen molar-refractivity contribution in [2.75, 3.05) is 6.61 Å². The van der Waals surface area contributed by atoms with Gasteiger partial charge in [0.25, 0.3) is 0 Å². The number of aliphatic hydroxyl groups is 1. The Balaban J connectivity index is 2.60. The van der Waals surface area contributed by atoms with Crippen molar-refractivity contribution in [2.45, 2.75) is 25.9 Å². The average Bonchev–Trinajstić information content (AvgIpc) is 2.31. The number of benzene rings is 1. The first-order valence-corrected chi connectivity index (χ1v) is 5.40. The van der Waals surface area contributed by atoms with Gasteiger partial charge in [-0.15, -0.1) is 0 Å². The molecule has 1 aromatic rings. The molecular weight excluding hydrogens is 204 g/mol. The first-order valence-electron chi connectivity index (χ1n) is 5.40. The van der Waals surface area contributed by atoms with Gasteiger partial charge in [-0.1, -0.05) is 19.1 Å². The summed E-state index contributed by atoms with van der Waals surface area (Å²) in [6.45, 7) is 2.75. The molecule has 0 unspecified atom stereocenters. The van der Waals surface area contributed by atoms with Crippen LogP contribution in [0.15, 0.2) is 24.3 Å². The summed E-state index contributed by atoms with van der Waals surface area (Å²) in [5.74, 6) is -0.420. The highest BCUT2D eigenvalue weighted by Crippen LogP contribution is 2.05. The Bertz CT molecular complexity index is 349. The number of hydrogen-bond donors (Lipinski definition) is 3. The lowest BCUT2D eigenvalue weighted by Gasteiger charge is -2.14. The smallest absolute Gasteiger partial charge is 0.248 e. The molecule has 88 valence electrons. The van der Waals surface area contributed by atoms with Gasteiger partial charge in [-0.2, -0.15) is 0 Å². The van der Waals surface area contributed by atoms with E-state index in [9.17, 15) is 4.79 Å². The minimum atomic E-state index is -0.420. The number of nitrogens with one attached hydrogen (secondary N) is 1. The summed E-state index contributed by atoms with van der Waals surface area (Å²) in [4.78, 5) is 11.0. The molecule has 0 saturated heterocycles. The van der Waals surface area contributed by atoms with Gasteiger partial charge in [0.05, 0.1) is 6.61 Å². The molecule has 0 radical (unpaired) electrons. The summed E-state index contributed by atoms with van der Waals surface area (Å²) < 4.78 is 0. The zero-order valence-corrected chi connectivity index (χ0v) is 9.44. The summed E-state index contributed by atoms with van der Waals surface area (Å²) in [5, 5.41) is 12.2. The predicted molar refractivity (Wildman–Crippen MR) is 63.0 cm³/mol. The molecule has 0 aliphatic rings. The van der Waals surface area contributed by atoms with Crippen LogP contribution in [0.2, 0.25) is 0 Å². The van der Waals surface area contributed by atoms with Crippen LogP contribution in [0.4, 0.5) is 0 Å². The van der Waals surface area contributed by atoms with E-state index in [2.05, 4.69) is 5.32 Å². The molecule has 1 rings (SSSR count). The van der Waals surface area contributed by atoms with E-state index in [-0.39, 0.29) is 12.6 Å². The van der Waals surface area contributed by atoms with Crippen LogP contribution in [-0.2, 0) is 6.54 Å². The molecule has 0 aliphatic heterocycles. The molecule has 0 bridgehead atoms. The lowest BCUT2D eigenvalue weighted by molar-refractivity contribution is 0.1000. The molecule has 4 heteroatoms. The maximum atomic E-state index is 11.0. The van der Waals surface area contributed by atoms with Crippen molar-refractivity contribution in [2.24, 2.45) is 5.73 Å². The highest BCUT2D eigenvalue weighted by molar-refractivity contribution is 5.92. The lowest BCUT2D eigenvalue weighted by atomic mass is 10.1. The molecule has 16 heavy (non-hydrogen) atoms. The zero-order valence-electron chi connectivity index (χ0n) is 9.44. The first kappa shape index (κ1) is 12.7. The van der Waals surface area contributed by atoms with Crippen LogP contribution in [0.3, 0.4) is 0 Å². The molecule has 4 N–H and O–H groups in total. The number of amides is 1. The predicted octanol–water partition coefficient (Wildman–Crippen LogP) is 0.646. The van der Waals surface area contributed by atoms with Crippen LogP contribution in [0.1, 0.15) is 29.3 Å². The summed E-state index contributed by atoms with van der Waals surface area (Å²) >= 11 is 0. The molecule has 1 atom stereocenters. The molecule has 0 saturated carbocycles. The molecule has 0 aliphatic carbocycles. The molecular formula is C12H18N2O2. The summed E-state index contributed by atoms with van der Waals surface area (Å²) in [6.07, 6.45) is 0.867. The van der Waals surface area contributed by atoms with E-state index >= 15 is 0 Å². The fourth-order valence-corrected chi connectivity index (χ4v) is 1.43. The van der Waals surface area contributed by atoms with Crippen molar-refractivity contribution in [3.05, 3.63) is 35.4 Å². The minimum absolute atomic E-state index is 0.0947. The molecule has 1 amide bonds. The number of primary amides is 1. The van der Waals surface area contributed by atoms with Crippen LogP contribution in [0.5, 0.6) is 0 Å². The third-order valence-corrected chi connectivity index (χ3v) is 2.52. The maximum Gasteiger partial charge on any atom is 0.248 e. The zero-order chi connectivity index (χ0) is 12.0. The number of hydrogen-bond acceptors (Lipinski definition) is 3. The number of rotatable bonds is 6. The standard InChI is InChI=1S/C12H18N2O2/c1-2-11(8-15)14-7-9-4-3-5-10(6-9)12(13)16/h3-6,11,14-15H,2,7-8H2,1H3,(H2,13,16)/t11-/m0/s1. The van der Waals surface area contributed by atoms with Gasteiger partial charge in [-0.05, 0) is 24.1 Å². The lowest BCUT2D eigenvalue weighted by Crippen LogP contribution is -2.31. The second-order valence-corrected chi connectivity index (χ2v) is 3.73. The van der Waals surface area contributed by atoms with Gasteiger partial charge in [0.1, 0.15) is 0 Å². The Morgan fingerprint density at radius 3 is 2.88 bits per heavy atom. The van der Waals surface area contributed by atoms with Crippen molar-refractivity contribution in [3.8, 4) is 0 Å². The monoisotopic (exact) mass is 222 g/mol. The van der Waals surface area contributed by atoms with E-state index in [1.807, 2.05) is 13.0 Å². The van der Waals surface area contributed by atoms with Crippen LogP contribution in [0.25, 0.3) is 0 Å². The quantitative estimate of drug-likeness (QED) is 0.661. The second-order valence-electron chi connectivity index (χ2n) is 3.73. The Morgan fingerprint density at radius 2 is 2.31 bits per heavy atom. The van der Waals surface area contributed by atoms with E-state index in [4.69, 9.17) is 10.8 Å². The average molecular weight is 222 g/mol. The van der Waals surface area contributed by atoms with Gasteiger partial charge in [0.15, 0.2) is 0 Å². The van der Waals surface area contributed by atoms with Gasteiger partial charge >= 0.3 is 0 Å². The second kappa shape index (κ2) is 6.25. The normalized spacial score (nSPS) is 12.4. The highest BCUT2D eigenvalue weighted by Gasteiger charge is 2.05. The number of aliphatic hydroxyl groups excluding tert-OH is 1. The van der Waals surface area contributed by atoms with Gasteiger partial charge in [0, 0.05) is 18.2 Å². The fourth-order valence-electron chi connectivity index (χ4n) is 1.43. The van der Waals surface area contributed by atoms with Crippen LogP contribution >= 0.6 is 0 Å². The Morgan fingerprint density at radius 1 is 1.56 bits per heavy atom. The molecule has 0 spiro atoms. The largest absolute Gasteiger partial charge is 0.395 e. The van der Waals surface area contributed by atoms with E-state index in [1.54, 1.807) is 18.2 Å². The molecule has 1 aromatic carbocycles. The van der Waals surface area contributed by atoms with Crippen molar-refractivity contribution in [1.29, 1.82) is 0 Å². The van der Waals surface area contributed by atoms with E-state index in [0.717, 1.165) is 12.0 Å². The Kier molecular flexibility index (Phi) is 4.95. The number of carbonyl (C=O) groups excluding carboxylic acids is 1. The Labute approximate surface area is 95.5 Å². The molecule has 0 aromatic heterocycles. The first-order chi connectivity index (χ1) is 7.67. The van der Waals surface area contributed by atoms with E-state index in [0.29, 0.717) is 12.1 Å². The summed E-state index contributed by atoms with van der Waals surface area (Å²) in [7, 11) is 0. The van der Waals surface area contributed by atoms with E-state index < -0.39 is 5.91 Å². The van der Waals surface area contributed by atoms with Crippen molar-refractivity contribution in [3.63, 3.8) is 0 Å². The molecule has 0 heterocycles. The topological polar surface area (TPSA) is 75.3 Å². The Hall–Kier alpha value is -1.39. The van der Waals surface area contributed by atoms with Gasteiger partial charge in [-0.3, -0.25) is 4.79 Å². The minimum Gasteiger partial charge on any atom is -0.395 e. The van der Waals surface area contributed by atoms with Crippen LogP contribution in [-0.4, -0.2) is 23.7 Å². The van der Waals surface area contributed by atoms with Gasteiger partial charge in [0.2, 0.25) is 5.91 Å². The number of nitrogens with two attached hydrogens (primary N) is 1.